The first kappa shape index (κ1) is 44.9. The molecule has 0 radical (unpaired) electrons. The second-order valence-corrected chi connectivity index (χ2v) is 13.5. The SMILES string of the molecule is O=C(C=Cc1ccc(O)c(O)c1)OC1=CC(OC(=O)C=Cc2ccc(O)c(O)c2)=C2C=CC(OC(=O)C=Cc3ccc(O)c(O)c3)(OC(=O)C=Cc3ccc(O)c(O)c3)C=C2N1C(=O)O. The summed E-state index contributed by atoms with van der Waals surface area (Å²) in [4.78, 5) is 66.6. The van der Waals surface area contributed by atoms with Crippen molar-refractivity contribution in [3.63, 3.8) is 0 Å². The molecule has 19 nitrogen and oxygen atoms in total. The van der Waals surface area contributed by atoms with Crippen molar-refractivity contribution >= 4 is 54.3 Å². The Morgan fingerprint density at radius 1 is 0.492 bits per heavy atom. The Kier molecular flexibility index (Phi) is 13.1. The van der Waals surface area contributed by atoms with Gasteiger partial charge in [-0.1, -0.05) is 24.3 Å². The van der Waals surface area contributed by atoms with Crippen LogP contribution in [0.1, 0.15) is 22.3 Å². The molecule has 19 heteroatoms. The fraction of sp³-hybridized carbons (Fsp3) is 0.0217. The number of aromatic hydroxyl groups is 8. The maximum absolute atomic E-state index is 13.4. The molecule has 65 heavy (non-hydrogen) atoms. The predicted octanol–water partition coefficient (Wildman–Crippen LogP) is 5.90. The molecule has 1 aliphatic carbocycles. The van der Waals surface area contributed by atoms with E-state index in [9.17, 15) is 69.9 Å². The lowest BCUT2D eigenvalue weighted by molar-refractivity contribution is -0.191. The first-order valence-electron chi connectivity index (χ1n) is 18.5. The second kappa shape index (κ2) is 19.0. The number of benzene rings is 4. The summed E-state index contributed by atoms with van der Waals surface area (Å²) in [6.07, 6.45) is 9.95. The summed E-state index contributed by atoms with van der Waals surface area (Å²) in [7, 11) is 0. The summed E-state index contributed by atoms with van der Waals surface area (Å²) < 4.78 is 22.2. The van der Waals surface area contributed by atoms with E-state index < -0.39 is 99.1 Å². The van der Waals surface area contributed by atoms with Crippen LogP contribution in [0.25, 0.3) is 24.3 Å². The number of ether oxygens (including phenoxy) is 4. The summed E-state index contributed by atoms with van der Waals surface area (Å²) in [6, 6.07) is 14.4. The van der Waals surface area contributed by atoms with Crippen LogP contribution in [0.2, 0.25) is 0 Å². The Bertz CT molecular complexity index is 2800. The van der Waals surface area contributed by atoms with Gasteiger partial charge in [0.05, 0.1) is 5.70 Å². The molecule has 4 aromatic carbocycles. The van der Waals surface area contributed by atoms with Gasteiger partial charge in [-0.15, -0.1) is 0 Å². The van der Waals surface area contributed by atoms with Crippen molar-refractivity contribution in [3.8, 4) is 46.0 Å². The van der Waals surface area contributed by atoms with Gasteiger partial charge in [-0.3, -0.25) is 0 Å². The van der Waals surface area contributed by atoms with E-state index >= 15 is 0 Å². The number of amides is 1. The molecular formula is C46H33NO18. The monoisotopic (exact) mass is 887 g/mol. The Labute approximate surface area is 365 Å². The second-order valence-electron chi connectivity index (χ2n) is 13.5. The van der Waals surface area contributed by atoms with E-state index in [-0.39, 0.29) is 27.8 Å². The molecule has 0 spiro atoms. The van der Waals surface area contributed by atoms with Gasteiger partial charge in [0.1, 0.15) is 5.76 Å². The highest BCUT2D eigenvalue weighted by Crippen LogP contribution is 2.39. The largest absolute Gasteiger partial charge is 0.504 e. The highest BCUT2D eigenvalue weighted by Gasteiger charge is 2.43. The molecule has 0 aromatic heterocycles. The average Bonchev–Trinajstić information content (AvgIpc) is 3.25. The van der Waals surface area contributed by atoms with E-state index in [1.165, 1.54) is 30.3 Å². The molecule has 2 aliphatic rings. The normalized spacial score (nSPS) is 15.8. The van der Waals surface area contributed by atoms with Crippen molar-refractivity contribution in [2.24, 2.45) is 0 Å². The van der Waals surface area contributed by atoms with Crippen molar-refractivity contribution < 1.29 is 88.9 Å². The minimum Gasteiger partial charge on any atom is -0.504 e. The van der Waals surface area contributed by atoms with Crippen molar-refractivity contribution in [1.29, 1.82) is 0 Å². The van der Waals surface area contributed by atoms with Crippen molar-refractivity contribution in [2.45, 2.75) is 5.79 Å². The number of carbonyl (C=O) groups excluding carboxylic acids is 4. The van der Waals surface area contributed by atoms with E-state index in [0.717, 1.165) is 115 Å². The molecule has 0 atom stereocenters. The highest BCUT2D eigenvalue weighted by molar-refractivity contribution is 5.92. The number of rotatable bonds is 12. The van der Waals surface area contributed by atoms with Crippen LogP contribution in [-0.4, -0.2) is 86.6 Å². The van der Waals surface area contributed by atoms with Crippen molar-refractivity contribution in [2.75, 3.05) is 0 Å². The van der Waals surface area contributed by atoms with Gasteiger partial charge in [0.15, 0.2) is 46.0 Å². The quantitative estimate of drug-likeness (QED) is 0.0263. The van der Waals surface area contributed by atoms with Gasteiger partial charge in [-0.05, 0) is 101 Å². The molecular weight excluding hydrogens is 854 g/mol. The zero-order valence-electron chi connectivity index (χ0n) is 33.0. The minimum absolute atomic E-state index is 0.200. The third-order valence-corrected chi connectivity index (χ3v) is 8.85. The van der Waals surface area contributed by atoms with E-state index in [0.29, 0.717) is 4.90 Å². The van der Waals surface area contributed by atoms with Crippen LogP contribution in [0.4, 0.5) is 4.79 Å². The smallest absolute Gasteiger partial charge is 0.418 e. The number of esters is 4. The van der Waals surface area contributed by atoms with Crippen LogP contribution >= 0.6 is 0 Å². The molecule has 0 saturated heterocycles. The summed E-state index contributed by atoms with van der Waals surface area (Å²) >= 11 is 0. The van der Waals surface area contributed by atoms with Crippen molar-refractivity contribution in [3.05, 3.63) is 167 Å². The van der Waals surface area contributed by atoms with E-state index in [1.807, 2.05) is 0 Å². The highest BCUT2D eigenvalue weighted by atomic mass is 16.7. The number of hydrogen-bond donors (Lipinski definition) is 9. The molecule has 1 heterocycles. The van der Waals surface area contributed by atoms with Gasteiger partial charge in [0.2, 0.25) is 5.88 Å². The maximum Gasteiger partial charge on any atom is 0.418 e. The van der Waals surface area contributed by atoms with E-state index in [4.69, 9.17) is 18.9 Å². The van der Waals surface area contributed by atoms with Crippen LogP contribution in [0.5, 0.6) is 46.0 Å². The average molecular weight is 888 g/mol. The number of allylic oxidation sites excluding steroid dienone is 2. The molecule has 330 valence electrons. The molecule has 6 rings (SSSR count). The molecule has 0 saturated carbocycles. The summed E-state index contributed by atoms with van der Waals surface area (Å²) in [5.74, 6) is -12.5. The van der Waals surface area contributed by atoms with Gasteiger partial charge in [-0.25, -0.2) is 28.9 Å². The number of fused-ring (bicyclic) bond motifs is 1. The van der Waals surface area contributed by atoms with Crippen LogP contribution in [-0.2, 0) is 38.1 Å². The Balaban J connectivity index is 1.41. The third kappa shape index (κ3) is 11.2. The zero-order valence-corrected chi connectivity index (χ0v) is 33.0. The first-order chi connectivity index (χ1) is 30.9. The fourth-order valence-electron chi connectivity index (χ4n) is 5.77. The fourth-order valence-corrected chi connectivity index (χ4v) is 5.77. The number of phenols is 8. The standard InChI is InChI=1S/C46H33NO18/c48-31-9-1-25(19-35(31)52)5-13-41(56)62-39-23-40(63-42(57)14-6-26-2-10-32(49)36(53)20-26)47(45(60)61)30-24-46(18-17-29(30)39,64-43(58)15-7-27-3-11-33(50)37(54)21-27)65-44(59)16-8-28-4-12-34(51)38(55)22-28/h1-24,48-55H,(H,60,61). The van der Waals surface area contributed by atoms with Crippen LogP contribution in [0, 0.1) is 0 Å². The topological polar surface area (TPSA) is 308 Å². The number of hydrogen-bond acceptors (Lipinski definition) is 17. The molecule has 0 unspecified atom stereocenters. The third-order valence-electron chi connectivity index (χ3n) is 8.85. The summed E-state index contributed by atoms with van der Waals surface area (Å²) in [5, 5.41) is 88.6. The summed E-state index contributed by atoms with van der Waals surface area (Å²) in [6.45, 7) is 0. The van der Waals surface area contributed by atoms with Gasteiger partial charge in [0.25, 0.3) is 5.79 Å². The van der Waals surface area contributed by atoms with Crippen LogP contribution in [0.15, 0.2) is 144 Å². The van der Waals surface area contributed by atoms with E-state index in [2.05, 4.69) is 0 Å². The molecule has 9 N–H and O–H groups in total. The number of carboxylic acid groups (broad SMARTS) is 1. The Morgan fingerprint density at radius 3 is 1.23 bits per heavy atom. The lowest BCUT2D eigenvalue weighted by Crippen LogP contribution is -2.42. The molecule has 0 fully saturated rings. The van der Waals surface area contributed by atoms with Crippen LogP contribution < -0.4 is 0 Å². The predicted molar refractivity (Wildman–Crippen MR) is 225 cm³/mol. The van der Waals surface area contributed by atoms with Gasteiger partial charge < -0.3 is 64.9 Å². The summed E-state index contributed by atoms with van der Waals surface area (Å²) in [5.41, 5.74) is 0.0509. The lowest BCUT2D eigenvalue weighted by Gasteiger charge is -2.35. The number of carbonyl (C=O) groups is 5. The Morgan fingerprint density at radius 2 is 0.862 bits per heavy atom. The first-order valence-corrected chi connectivity index (χ1v) is 18.5. The molecule has 4 aromatic rings. The van der Waals surface area contributed by atoms with Gasteiger partial charge in [-0.2, -0.15) is 0 Å². The lowest BCUT2D eigenvalue weighted by atomic mass is 9.96. The van der Waals surface area contributed by atoms with Gasteiger partial charge >= 0.3 is 30.0 Å². The molecule has 0 bridgehead atoms. The minimum atomic E-state index is -2.65. The number of nitrogens with zero attached hydrogens (tertiary/aromatic N) is 1. The number of phenolic OH excluding ortho intramolecular Hbond substituents is 8. The van der Waals surface area contributed by atoms with Gasteiger partial charge in [0, 0.05) is 48.1 Å². The van der Waals surface area contributed by atoms with E-state index in [1.54, 1.807) is 0 Å². The van der Waals surface area contributed by atoms with Crippen molar-refractivity contribution in [1.82, 2.24) is 4.90 Å². The zero-order chi connectivity index (χ0) is 47.0. The molecule has 1 amide bonds. The maximum atomic E-state index is 13.4. The Hall–Kier alpha value is -9.65. The van der Waals surface area contributed by atoms with Crippen LogP contribution in [0.3, 0.4) is 0 Å². The molecule has 1 aliphatic heterocycles.